The van der Waals surface area contributed by atoms with Gasteiger partial charge < -0.3 is 20.1 Å². The van der Waals surface area contributed by atoms with E-state index in [0.717, 1.165) is 40.9 Å². The number of ether oxygens (including phenoxy) is 2. The highest BCUT2D eigenvalue weighted by Crippen LogP contribution is 2.48. The van der Waals surface area contributed by atoms with Crippen molar-refractivity contribution in [1.82, 2.24) is 20.8 Å². The van der Waals surface area contributed by atoms with Crippen LogP contribution in [0, 0.1) is 11.7 Å². The average molecular weight is 569 g/mol. The Morgan fingerprint density at radius 3 is 2.77 bits per heavy atom. The number of alkyl halides is 2. The first-order chi connectivity index (χ1) is 19.4. The Morgan fingerprint density at radius 2 is 1.93 bits per heavy atom. The maximum atomic E-state index is 14.2. The van der Waals surface area contributed by atoms with Gasteiger partial charge in [0.15, 0.2) is 0 Å². The molecule has 11 heteroatoms. The minimum atomic E-state index is -2.89. The van der Waals surface area contributed by atoms with Gasteiger partial charge in [0.1, 0.15) is 35.5 Å². The summed E-state index contributed by atoms with van der Waals surface area (Å²) < 4.78 is 52.3. The van der Waals surface area contributed by atoms with E-state index in [2.05, 4.69) is 39.0 Å². The second-order valence-electron chi connectivity index (χ2n) is 9.88. The number of halogens is 3. The molecule has 1 amide bonds. The molecule has 7 nitrogen and oxygen atoms in total. The number of aromatic nitrogens is 2. The highest BCUT2D eigenvalue weighted by molar-refractivity contribution is 7.17. The fourth-order valence-electron chi connectivity index (χ4n) is 4.88. The number of fused-ring (bicyclic) bond motifs is 2. The molecule has 2 aromatic carbocycles. The van der Waals surface area contributed by atoms with Gasteiger partial charge in [-0.05, 0) is 53.7 Å². The van der Waals surface area contributed by atoms with Crippen LogP contribution in [0.5, 0.6) is 5.75 Å². The van der Waals surface area contributed by atoms with Crippen molar-refractivity contribution in [3.05, 3.63) is 64.8 Å². The van der Waals surface area contributed by atoms with Crippen molar-refractivity contribution < 1.29 is 27.4 Å². The van der Waals surface area contributed by atoms with Crippen molar-refractivity contribution in [2.24, 2.45) is 5.92 Å². The Bertz CT molecular complexity index is 1560. The molecule has 0 spiro atoms. The quantitative estimate of drug-likeness (QED) is 0.263. The third kappa shape index (κ3) is 5.54. The van der Waals surface area contributed by atoms with Gasteiger partial charge in [-0.15, -0.1) is 21.5 Å². The van der Waals surface area contributed by atoms with Crippen LogP contribution in [-0.2, 0) is 22.5 Å². The molecule has 208 valence electrons. The zero-order chi connectivity index (χ0) is 27.7. The number of carbonyl (C=O) groups is 1. The van der Waals surface area contributed by atoms with E-state index in [-0.39, 0.29) is 26.4 Å². The molecule has 6 rings (SSSR count). The molecule has 1 aliphatic carbocycles. The van der Waals surface area contributed by atoms with Crippen molar-refractivity contribution >= 4 is 27.3 Å². The van der Waals surface area contributed by atoms with Gasteiger partial charge in [0, 0.05) is 42.1 Å². The molecular weight excluding hydrogens is 541 g/mol. The number of nitrogens with one attached hydrogen (secondary N) is 2. The number of hydrogen-bond acceptors (Lipinski definition) is 7. The van der Waals surface area contributed by atoms with Crippen LogP contribution in [0.15, 0.2) is 47.8 Å². The molecule has 1 fully saturated rings. The first-order valence-corrected chi connectivity index (χ1v) is 14.0. The van der Waals surface area contributed by atoms with Gasteiger partial charge in [-0.1, -0.05) is 12.1 Å². The normalized spacial score (nSPS) is 17.4. The third-order valence-corrected chi connectivity index (χ3v) is 8.04. The lowest BCUT2D eigenvalue weighted by Crippen LogP contribution is -2.30. The van der Waals surface area contributed by atoms with E-state index in [1.807, 2.05) is 11.4 Å². The van der Waals surface area contributed by atoms with Gasteiger partial charge in [-0.2, -0.15) is 0 Å². The van der Waals surface area contributed by atoms with Crippen LogP contribution in [0.25, 0.3) is 32.6 Å². The summed E-state index contributed by atoms with van der Waals surface area (Å²) in [6.45, 7) is 2.37. The molecule has 0 saturated heterocycles. The highest BCUT2D eigenvalue weighted by Gasteiger charge is 2.61. The molecule has 2 aromatic heterocycles. The molecule has 2 aliphatic rings. The Morgan fingerprint density at radius 1 is 1.07 bits per heavy atom. The summed E-state index contributed by atoms with van der Waals surface area (Å²) in [4.78, 5) is 11.6. The first-order valence-electron chi connectivity index (χ1n) is 13.1. The van der Waals surface area contributed by atoms with Crippen LogP contribution in [0.1, 0.15) is 17.5 Å². The predicted molar refractivity (Wildman–Crippen MR) is 146 cm³/mol. The van der Waals surface area contributed by atoms with Crippen LogP contribution >= 0.6 is 11.3 Å². The monoisotopic (exact) mass is 568 g/mol. The van der Waals surface area contributed by atoms with E-state index < -0.39 is 30.0 Å². The number of nitrogens with zero attached hydrogens (tertiary/aromatic N) is 2. The Hall–Kier alpha value is -3.54. The molecule has 2 N–H and O–H groups in total. The summed E-state index contributed by atoms with van der Waals surface area (Å²) in [5.74, 6) is -4.92. The minimum absolute atomic E-state index is 0.119. The van der Waals surface area contributed by atoms with Crippen molar-refractivity contribution in [3.8, 4) is 28.3 Å². The van der Waals surface area contributed by atoms with Crippen LogP contribution < -0.4 is 15.4 Å². The summed E-state index contributed by atoms with van der Waals surface area (Å²) >= 11 is 1.54. The van der Waals surface area contributed by atoms with Crippen LogP contribution in [-0.4, -0.2) is 54.9 Å². The highest BCUT2D eigenvalue weighted by atomic mass is 32.1. The molecule has 3 heterocycles. The number of thiophene rings is 1. The van der Waals surface area contributed by atoms with E-state index in [0.29, 0.717) is 17.0 Å². The SMILES string of the molecule is O=C(NCCOCCOc1cc(F)ccc1-c1nnc(-c2ccc3c(c2)CCNC3)c2ccsc12)C1CC1(F)F. The fourth-order valence-corrected chi connectivity index (χ4v) is 5.78. The summed E-state index contributed by atoms with van der Waals surface area (Å²) in [6.07, 6.45) is 0.565. The van der Waals surface area contributed by atoms with E-state index in [1.165, 1.54) is 34.6 Å². The number of benzene rings is 2. The molecule has 1 atom stereocenters. The summed E-state index contributed by atoms with van der Waals surface area (Å²) in [5.41, 5.74) is 5.64. The van der Waals surface area contributed by atoms with Gasteiger partial charge in [0.2, 0.25) is 5.91 Å². The number of amides is 1. The fraction of sp³-hybridized carbons (Fsp3) is 0.345. The van der Waals surface area contributed by atoms with Crippen LogP contribution in [0.3, 0.4) is 0 Å². The molecule has 0 bridgehead atoms. The van der Waals surface area contributed by atoms with Gasteiger partial charge >= 0.3 is 0 Å². The van der Waals surface area contributed by atoms with E-state index in [9.17, 15) is 18.0 Å². The van der Waals surface area contributed by atoms with E-state index in [4.69, 9.17) is 9.47 Å². The second kappa shape index (κ2) is 11.1. The molecule has 1 saturated carbocycles. The minimum Gasteiger partial charge on any atom is -0.490 e. The maximum absolute atomic E-state index is 14.2. The zero-order valence-electron chi connectivity index (χ0n) is 21.5. The lowest BCUT2D eigenvalue weighted by molar-refractivity contribution is -0.124. The van der Waals surface area contributed by atoms with Gasteiger partial charge in [0.25, 0.3) is 5.92 Å². The van der Waals surface area contributed by atoms with Gasteiger partial charge in [0.05, 0.1) is 17.9 Å². The zero-order valence-corrected chi connectivity index (χ0v) is 22.3. The number of carbonyl (C=O) groups excluding carboxylic acids is 1. The lowest BCUT2D eigenvalue weighted by atomic mass is 9.96. The van der Waals surface area contributed by atoms with Crippen molar-refractivity contribution in [2.45, 2.75) is 25.3 Å². The molecule has 4 aromatic rings. The second-order valence-corrected chi connectivity index (χ2v) is 10.8. The molecule has 0 radical (unpaired) electrons. The third-order valence-electron chi connectivity index (χ3n) is 7.12. The molecular formula is C29H27F3N4O3S. The van der Waals surface area contributed by atoms with Gasteiger partial charge in [-0.3, -0.25) is 4.79 Å². The first kappa shape index (κ1) is 26.7. The van der Waals surface area contributed by atoms with Crippen molar-refractivity contribution in [3.63, 3.8) is 0 Å². The number of hydrogen-bond donors (Lipinski definition) is 2. The Balaban J connectivity index is 1.13. The smallest absolute Gasteiger partial charge is 0.260 e. The lowest BCUT2D eigenvalue weighted by Gasteiger charge is -2.18. The number of rotatable bonds is 10. The van der Waals surface area contributed by atoms with Gasteiger partial charge in [-0.25, -0.2) is 13.2 Å². The Kier molecular flexibility index (Phi) is 7.43. The van der Waals surface area contributed by atoms with Crippen molar-refractivity contribution in [2.75, 3.05) is 32.9 Å². The average Bonchev–Trinajstić information content (AvgIpc) is 3.34. The van der Waals surface area contributed by atoms with E-state index >= 15 is 0 Å². The van der Waals surface area contributed by atoms with Crippen LogP contribution in [0.4, 0.5) is 13.2 Å². The summed E-state index contributed by atoms with van der Waals surface area (Å²) in [6, 6.07) is 12.7. The summed E-state index contributed by atoms with van der Waals surface area (Å²) in [7, 11) is 0. The standard InChI is InChI=1S/C29H27F3N4O3S/c30-20-3-4-21(24(14-20)39-11-10-38-9-8-34-28(37)23-15-29(23,31)32)26-27-22(6-12-40-27)25(35-36-26)18-1-2-19-16-33-7-5-17(19)13-18/h1-4,6,12-14,23,33H,5,7-11,15-16H2,(H,34,37). The molecule has 1 unspecified atom stereocenters. The van der Waals surface area contributed by atoms with Crippen LogP contribution in [0.2, 0.25) is 0 Å². The van der Waals surface area contributed by atoms with E-state index in [1.54, 1.807) is 6.07 Å². The topological polar surface area (TPSA) is 85.4 Å². The molecule has 1 aliphatic heterocycles. The largest absolute Gasteiger partial charge is 0.490 e. The maximum Gasteiger partial charge on any atom is 0.260 e. The molecule has 40 heavy (non-hydrogen) atoms. The summed E-state index contributed by atoms with van der Waals surface area (Å²) in [5, 5.41) is 17.9. The predicted octanol–water partition coefficient (Wildman–Crippen LogP) is 4.98. The van der Waals surface area contributed by atoms with Crippen molar-refractivity contribution in [1.29, 1.82) is 0 Å². The Labute approximate surface area is 232 Å².